The molecule has 0 saturated carbocycles. The molecule has 1 aromatic carbocycles. The Kier molecular flexibility index (Phi) is 6.48. The molecule has 0 aliphatic rings. The van der Waals surface area contributed by atoms with E-state index in [4.69, 9.17) is 9.47 Å². The first-order valence-corrected chi connectivity index (χ1v) is 6.31. The average Bonchev–Trinajstić information content (AvgIpc) is 2.29. The molecule has 0 saturated heterocycles. The van der Waals surface area contributed by atoms with Crippen molar-refractivity contribution in [2.45, 2.75) is 33.2 Å². The number of nitrogens with one attached hydrogen (secondary N) is 1. The maximum atomic E-state index is 5.65. The van der Waals surface area contributed by atoms with Gasteiger partial charge in [0.15, 0.2) is 0 Å². The minimum atomic E-state index is 0.538. The second-order valence-corrected chi connectivity index (χ2v) is 4.22. The van der Waals surface area contributed by atoms with E-state index < -0.39 is 0 Å². The highest BCUT2D eigenvalue weighted by Crippen LogP contribution is 2.19. The molecule has 1 rings (SSSR count). The predicted octanol–water partition coefficient (Wildman–Crippen LogP) is 2.85. The lowest BCUT2D eigenvalue weighted by Crippen LogP contribution is -2.24. The zero-order valence-corrected chi connectivity index (χ0v) is 11.0. The highest BCUT2D eigenvalue weighted by Gasteiger charge is 1.97. The van der Waals surface area contributed by atoms with Crippen LogP contribution in [0.3, 0.4) is 0 Å². The summed E-state index contributed by atoms with van der Waals surface area (Å²) in [4.78, 5) is 0. The molecule has 0 heterocycles. The van der Waals surface area contributed by atoms with Crippen molar-refractivity contribution >= 4 is 0 Å². The summed E-state index contributed by atoms with van der Waals surface area (Å²) in [6.45, 7) is 8.67. The molecule has 96 valence electrons. The Morgan fingerprint density at radius 2 is 1.88 bits per heavy atom. The van der Waals surface area contributed by atoms with Gasteiger partial charge >= 0.3 is 0 Å². The van der Waals surface area contributed by atoms with E-state index in [2.05, 4.69) is 19.2 Å². The van der Waals surface area contributed by atoms with Gasteiger partial charge in [0.1, 0.15) is 11.5 Å². The van der Waals surface area contributed by atoms with Crippen molar-refractivity contribution in [2.75, 3.05) is 19.8 Å². The minimum absolute atomic E-state index is 0.538. The normalized spacial score (nSPS) is 10.6. The fourth-order valence-electron chi connectivity index (χ4n) is 1.47. The summed E-state index contributed by atoms with van der Waals surface area (Å²) in [5.74, 6) is 1.74. The smallest absolute Gasteiger partial charge is 0.122 e. The fourth-order valence-corrected chi connectivity index (χ4v) is 1.47. The first-order chi connectivity index (χ1) is 8.22. The maximum Gasteiger partial charge on any atom is 0.122 e. The van der Waals surface area contributed by atoms with Crippen LogP contribution in [0.4, 0.5) is 0 Å². The third-order valence-corrected chi connectivity index (χ3v) is 2.26. The highest BCUT2D eigenvalue weighted by molar-refractivity contribution is 5.32. The van der Waals surface area contributed by atoms with Gasteiger partial charge < -0.3 is 14.8 Å². The summed E-state index contributed by atoms with van der Waals surface area (Å²) in [5.41, 5.74) is 0. The van der Waals surface area contributed by atoms with E-state index in [1.165, 1.54) is 0 Å². The Morgan fingerprint density at radius 3 is 2.53 bits per heavy atom. The average molecular weight is 237 g/mol. The lowest BCUT2D eigenvalue weighted by molar-refractivity contribution is 0.300. The minimum Gasteiger partial charge on any atom is -0.494 e. The standard InChI is InChI=1S/C14H23NO2/c1-4-16-13-7-5-8-14(11-13)17-10-6-9-15-12(2)3/h5,7-8,11-12,15H,4,6,9-10H2,1-3H3. The van der Waals surface area contributed by atoms with Crippen LogP contribution in [0.1, 0.15) is 27.2 Å². The van der Waals surface area contributed by atoms with E-state index in [0.717, 1.165) is 31.1 Å². The van der Waals surface area contributed by atoms with Crippen LogP contribution in [-0.4, -0.2) is 25.8 Å². The molecule has 0 bridgehead atoms. The van der Waals surface area contributed by atoms with Gasteiger partial charge in [-0.15, -0.1) is 0 Å². The zero-order valence-electron chi connectivity index (χ0n) is 11.0. The quantitative estimate of drug-likeness (QED) is 0.705. The van der Waals surface area contributed by atoms with Gasteiger partial charge in [-0.05, 0) is 32.0 Å². The lowest BCUT2D eigenvalue weighted by atomic mass is 10.3. The monoisotopic (exact) mass is 237 g/mol. The van der Waals surface area contributed by atoms with E-state index in [1.54, 1.807) is 0 Å². The number of hydrogen-bond donors (Lipinski definition) is 1. The first kappa shape index (κ1) is 13.8. The van der Waals surface area contributed by atoms with E-state index in [0.29, 0.717) is 12.6 Å². The van der Waals surface area contributed by atoms with Crippen LogP contribution < -0.4 is 14.8 Å². The molecule has 0 atom stereocenters. The first-order valence-electron chi connectivity index (χ1n) is 6.31. The van der Waals surface area contributed by atoms with Crippen molar-refractivity contribution in [3.63, 3.8) is 0 Å². The second-order valence-electron chi connectivity index (χ2n) is 4.22. The number of rotatable bonds is 8. The zero-order chi connectivity index (χ0) is 12.5. The fraction of sp³-hybridized carbons (Fsp3) is 0.571. The summed E-state index contributed by atoms with van der Waals surface area (Å²) < 4.78 is 11.1. The Bertz CT molecular complexity index is 313. The number of benzene rings is 1. The molecule has 1 N–H and O–H groups in total. The Morgan fingerprint density at radius 1 is 1.18 bits per heavy atom. The van der Waals surface area contributed by atoms with Crippen LogP contribution in [0.5, 0.6) is 11.5 Å². The van der Waals surface area contributed by atoms with Crippen LogP contribution in [0.25, 0.3) is 0 Å². The Labute approximate surface area is 104 Å². The molecule has 17 heavy (non-hydrogen) atoms. The van der Waals surface area contributed by atoms with E-state index >= 15 is 0 Å². The van der Waals surface area contributed by atoms with Crippen molar-refractivity contribution < 1.29 is 9.47 Å². The molecular weight excluding hydrogens is 214 g/mol. The third-order valence-electron chi connectivity index (χ3n) is 2.26. The predicted molar refractivity (Wildman–Crippen MR) is 70.9 cm³/mol. The summed E-state index contributed by atoms with van der Waals surface area (Å²) in [6.07, 6.45) is 1.01. The van der Waals surface area contributed by atoms with Gasteiger partial charge in [0, 0.05) is 12.1 Å². The van der Waals surface area contributed by atoms with E-state index in [9.17, 15) is 0 Å². The van der Waals surface area contributed by atoms with Crippen LogP contribution in [-0.2, 0) is 0 Å². The topological polar surface area (TPSA) is 30.5 Å². The molecular formula is C14H23NO2. The van der Waals surface area contributed by atoms with Crippen LogP contribution in [0.2, 0.25) is 0 Å². The molecule has 3 heteroatoms. The Balaban J connectivity index is 2.24. The van der Waals surface area contributed by atoms with Crippen molar-refractivity contribution in [1.29, 1.82) is 0 Å². The molecule has 0 aliphatic heterocycles. The highest BCUT2D eigenvalue weighted by atomic mass is 16.5. The second kappa shape index (κ2) is 7.96. The van der Waals surface area contributed by atoms with Crippen molar-refractivity contribution in [3.8, 4) is 11.5 Å². The number of hydrogen-bond acceptors (Lipinski definition) is 3. The summed E-state index contributed by atoms with van der Waals surface area (Å²) in [6, 6.07) is 8.32. The van der Waals surface area contributed by atoms with Gasteiger partial charge in [-0.1, -0.05) is 19.9 Å². The summed E-state index contributed by atoms with van der Waals surface area (Å²) in [7, 11) is 0. The van der Waals surface area contributed by atoms with Gasteiger partial charge in [0.25, 0.3) is 0 Å². The van der Waals surface area contributed by atoms with Gasteiger partial charge in [-0.2, -0.15) is 0 Å². The van der Waals surface area contributed by atoms with Gasteiger partial charge in [0.2, 0.25) is 0 Å². The molecule has 0 fully saturated rings. The van der Waals surface area contributed by atoms with Gasteiger partial charge in [0.05, 0.1) is 13.2 Å². The maximum absolute atomic E-state index is 5.65. The summed E-state index contributed by atoms with van der Waals surface area (Å²) >= 11 is 0. The molecule has 1 aromatic rings. The van der Waals surface area contributed by atoms with E-state index in [1.807, 2.05) is 31.2 Å². The molecule has 0 aliphatic carbocycles. The molecule has 0 aromatic heterocycles. The lowest BCUT2D eigenvalue weighted by Gasteiger charge is -2.10. The third kappa shape index (κ3) is 6.17. The van der Waals surface area contributed by atoms with Crippen LogP contribution in [0, 0.1) is 0 Å². The van der Waals surface area contributed by atoms with Crippen molar-refractivity contribution in [2.24, 2.45) is 0 Å². The van der Waals surface area contributed by atoms with E-state index in [-0.39, 0.29) is 0 Å². The Hall–Kier alpha value is -1.22. The summed E-state index contributed by atoms with van der Waals surface area (Å²) in [5, 5.41) is 3.36. The number of ether oxygens (including phenoxy) is 2. The SMILES string of the molecule is CCOc1cccc(OCCCNC(C)C)c1. The largest absolute Gasteiger partial charge is 0.494 e. The van der Waals surface area contributed by atoms with Crippen LogP contribution in [0.15, 0.2) is 24.3 Å². The molecule has 0 radical (unpaired) electrons. The van der Waals surface area contributed by atoms with Gasteiger partial charge in [-0.3, -0.25) is 0 Å². The molecule has 0 unspecified atom stereocenters. The molecule has 0 amide bonds. The van der Waals surface area contributed by atoms with Crippen molar-refractivity contribution in [3.05, 3.63) is 24.3 Å². The van der Waals surface area contributed by atoms with Crippen molar-refractivity contribution in [1.82, 2.24) is 5.32 Å². The molecule has 0 spiro atoms. The van der Waals surface area contributed by atoms with Crippen LogP contribution >= 0.6 is 0 Å². The van der Waals surface area contributed by atoms with Gasteiger partial charge in [-0.25, -0.2) is 0 Å². The molecule has 3 nitrogen and oxygen atoms in total.